The largest absolute Gasteiger partial charge is 0.396 e. The van der Waals surface area contributed by atoms with Crippen molar-refractivity contribution in [2.24, 2.45) is 17.3 Å². The molecule has 132 valence electrons. The van der Waals surface area contributed by atoms with Crippen molar-refractivity contribution in [2.75, 3.05) is 19.7 Å². The molecule has 1 aliphatic carbocycles. The quantitative estimate of drug-likeness (QED) is 0.816. The molecule has 0 spiro atoms. The second-order valence-corrected chi connectivity index (χ2v) is 15.3. The number of aliphatic hydroxyl groups excluding tert-OH is 1. The average Bonchev–Trinajstić information content (AvgIpc) is 2.91. The summed E-state index contributed by atoms with van der Waals surface area (Å²) < 4.78 is 27.4. The fraction of sp³-hybridized carbons (Fsp3) is 0.556. The molecule has 1 heterocycles. The Kier molecular flexibility index (Phi) is 4.31. The van der Waals surface area contributed by atoms with Gasteiger partial charge in [0.05, 0.1) is 13.0 Å². The van der Waals surface area contributed by atoms with Crippen LogP contribution in [0.2, 0.25) is 19.6 Å². The summed E-state index contributed by atoms with van der Waals surface area (Å²) in [6, 6.07) is 7.04. The molecule has 24 heavy (non-hydrogen) atoms. The van der Waals surface area contributed by atoms with E-state index in [0.717, 1.165) is 5.56 Å². The fourth-order valence-electron chi connectivity index (χ4n) is 3.79. The van der Waals surface area contributed by atoms with Gasteiger partial charge in [0, 0.05) is 25.1 Å². The van der Waals surface area contributed by atoms with Crippen LogP contribution in [0.15, 0.2) is 40.9 Å². The molecule has 0 radical (unpaired) electrons. The van der Waals surface area contributed by atoms with Gasteiger partial charge >= 0.3 is 0 Å². The zero-order chi connectivity index (χ0) is 17.8. The Labute approximate surface area is 146 Å². The molecule has 1 aromatic rings. The van der Waals surface area contributed by atoms with Gasteiger partial charge in [-0.05, 0) is 30.9 Å². The zero-order valence-corrected chi connectivity index (χ0v) is 16.7. The molecule has 0 aromatic heterocycles. The number of benzene rings is 1. The van der Waals surface area contributed by atoms with Gasteiger partial charge in [-0.25, -0.2) is 8.42 Å². The summed E-state index contributed by atoms with van der Waals surface area (Å²) >= 11 is 0. The van der Waals surface area contributed by atoms with Crippen molar-refractivity contribution < 1.29 is 13.5 Å². The Hall–Kier alpha value is -0.953. The Morgan fingerprint density at radius 1 is 1.29 bits per heavy atom. The van der Waals surface area contributed by atoms with Crippen LogP contribution in [0.5, 0.6) is 0 Å². The van der Waals surface area contributed by atoms with Crippen LogP contribution in [0.4, 0.5) is 0 Å². The zero-order valence-electron chi connectivity index (χ0n) is 14.9. The summed E-state index contributed by atoms with van der Waals surface area (Å²) in [5.41, 5.74) is 3.18. The third kappa shape index (κ3) is 3.01. The van der Waals surface area contributed by atoms with Gasteiger partial charge in [-0.15, -0.1) is 0 Å². The first kappa shape index (κ1) is 17.9. The third-order valence-electron chi connectivity index (χ3n) is 5.36. The molecule has 3 unspecified atom stereocenters. The number of aryl methyl sites for hydroxylation is 1. The smallest absolute Gasteiger partial charge is 0.243 e. The van der Waals surface area contributed by atoms with E-state index < -0.39 is 18.1 Å². The monoisotopic (exact) mass is 365 g/mol. The highest BCUT2D eigenvalue weighted by Crippen LogP contribution is 2.64. The van der Waals surface area contributed by atoms with Crippen LogP contribution in [-0.4, -0.2) is 45.6 Å². The average molecular weight is 366 g/mol. The van der Waals surface area contributed by atoms with E-state index in [2.05, 4.69) is 31.4 Å². The molecule has 1 aliphatic heterocycles. The molecule has 6 heteroatoms. The number of rotatable bonds is 5. The van der Waals surface area contributed by atoms with Crippen molar-refractivity contribution in [3.8, 4) is 0 Å². The minimum atomic E-state index is -3.45. The SMILES string of the molecule is Cc1ccc(S(=O)(=O)N2CC3C(CO)C3(/C=C\[Si](C)(C)C)C2)cc1. The highest BCUT2D eigenvalue weighted by Gasteiger charge is 2.68. The van der Waals surface area contributed by atoms with Gasteiger partial charge in [0.25, 0.3) is 0 Å². The first-order chi connectivity index (χ1) is 11.1. The maximum Gasteiger partial charge on any atom is 0.243 e. The van der Waals surface area contributed by atoms with Gasteiger partial charge in [0.15, 0.2) is 0 Å². The van der Waals surface area contributed by atoms with E-state index in [9.17, 15) is 13.5 Å². The highest BCUT2D eigenvalue weighted by atomic mass is 32.2. The molecule has 0 amide bonds. The molecule has 1 aromatic carbocycles. The summed E-state index contributed by atoms with van der Waals surface area (Å²) in [6.45, 7) is 9.88. The van der Waals surface area contributed by atoms with Crippen LogP contribution in [-0.2, 0) is 10.0 Å². The van der Waals surface area contributed by atoms with Crippen LogP contribution in [0.3, 0.4) is 0 Å². The topological polar surface area (TPSA) is 57.6 Å². The normalized spacial score (nSPS) is 30.7. The third-order valence-corrected chi connectivity index (χ3v) is 8.35. The van der Waals surface area contributed by atoms with Crippen LogP contribution >= 0.6 is 0 Å². The highest BCUT2D eigenvalue weighted by molar-refractivity contribution is 7.89. The van der Waals surface area contributed by atoms with Crippen molar-refractivity contribution >= 4 is 18.1 Å². The van der Waals surface area contributed by atoms with Crippen molar-refractivity contribution in [3.63, 3.8) is 0 Å². The lowest BCUT2D eigenvalue weighted by molar-refractivity contribution is 0.237. The minimum Gasteiger partial charge on any atom is -0.396 e. The van der Waals surface area contributed by atoms with Gasteiger partial charge in [-0.1, -0.05) is 49.1 Å². The summed E-state index contributed by atoms with van der Waals surface area (Å²) in [4.78, 5) is 0.360. The van der Waals surface area contributed by atoms with Gasteiger partial charge in [0.1, 0.15) is 0 Å². The second-order valence-electron chi connectivity index (χ2n) is 8.32. The minimum absolute atomic E-state index is 0.138. The molecule has 1 saturated heterocycles. The molecule has 2 fully saturated rings. The lowest BCUT2D eigenvalue weighted by Gasteiger charge is -2.22. The van der Waals surface area contributed by atoms with Gasteiger partial charge < -0.3 is 5.11 Å². The number of hydrogen-bond donors (Lipinski definition) is 1. The van der Waals surface area contributed by atoms with Crippen LogP contribution in [0.1, 0.15) is 5.56 Å². The number of aliphatic hydroxyl groups is 1. The van der Waals surface area contributed by atoms with Gasteiger partial charge in [0.2, 0.25) is 10.0 Å². The Bertz CT molecular complexity index is 751. The van der Waals surface area contributed by atoms with Crippen molar-refractivity contribution in [1.82, 2.24) is 4.31 Å². The standard InChI is InChI=1S/C18H27NO3SSi/c1-14-5-7-15(8-6-14)23(21,22)19-11-16-17(12-20)18(16,13-19)9-10-24(2,3)4/h5-10,16-17,20H,11-13H2,1-4H3/b10-9-. The lowest BCUT2D eigenvalue weighted by Crippen LogP contribution is -2.34. The number of sulfonamides is 1. The number of nitrogens with zero attached hydrogens (tertiary/aromatic N) is 1. The Morgan fingerprint density at radius 2 is 1.92 bits per heavy atom. The van der Waals surface area contributed by atoms with Crippen LogP contribution < -0.4 is 0 Å². The van der Waals surface area contributed by atoms with Gasteiger partial charge in [-0.2, -0.15) is 4.31 Å². The van der Waals surface area contributed by atoms with E-state index in [1.165, 1.54) is 0 Å². The predicted octanol–water partition coefficient (Wildman–Crippen LogP) is 2.66. The fourth-order valence-corrected chi connectivity index (χ4v) is 6.13. The van der Waals surface area contributed by atoms with E-state index in [0.29, 0.717) is 18.0 Å². The van der Waals surface area contributed by atoms with E-state index in [4.69, 9.17) is 0 Å². The summed E-state index contributed by atoms with van der Waals surface area (Å²) in [5, 5.41) is 9.65. The molecule has 0 bridgehead atoms. The van der Waals surface area contributed by atoms with Crippen LogP contribution in [0.25, 0.3) is 0 Å². The van der Waals surface area contributed by atoms with Crippen LogP contribution in [0, 0.1) is 24.2 Å². The molecule has 3 atom stereocenters. The Balaban J connectivity index is 1.84. The summed E-state index contributed by atoms with van der Waals surface area (Å²) in [6.07, 6.45) is 2.22. The maximum absolute atomic E-state index is 12.9. The van der Waals surface area contributed by atoms with Crippen molar-refractivity contribution in [1.29, 1.82) is 0 Å². The van der Waals surface area contributed by atoms with E-state index >= 15 is 0 Å². The maximum atomic E-state index is 12.9. The van der Waals surface area contributed by atoms with E-state index in [-0.39, 0.29) is 23.9 Å². The number of hydrogen-bond acceptors (Lipinski definition) is 3. The first-order valence-electron chi connectivity index (χ1n) is 8.48. The summed E-state index contributed by atoms with van der Waals surface area (Å²) in [7, 11) is -4.81. The molecule has 2 aliphatic rings. The molecule has 1 saturated carbocycles. The van der Waals surface area contributed by atoms with E-state index in [1.807, 2.05) is 19.1 Å². The lowest BCUT2D eigenvalue weighted by atomic mass is 10.1. The Morgan fingerprint density at radius 3 is 2.46 bits per heavy atom. The second kappa shape index (κ2) is 5.80. The molecule has 3 rings (SSSR count). The number of fused-ring (bicyclic) bond motifs is 1. The predicted molar refractivity (Wildman–Crippen MR) is 98.9 cm³/mol. The molecule has 4 nitrogen and oxygen atoms in total. The summed E-state index contributed by atoms with van der Waals surface area (Å²) in [5.74, 6) is 0.449. The number of piperidine rings is 1. The van der Waals surface area contributed by atoms with Gasteiger partial charge in [-0.3, -0.25) is 0 Å². The molecular formula is C18H27NO3SSi. The van der Waals surface area contributed by atoms with E-state index in [1.54, 1.807) is 16.4 Å². The molecule has 1 N–H and O–H groups in total. The molecular weight excluding hydrogens is 338 g/mol. The van der Waals surface area contributed by atoms with Crippen molar-refractivity contribution in [2.45, 2.75) is 31.5 Å². The van der Waals surface area contributed by atoms with Crippen molar-refractivity contribution in [3.05, 3.63) is 41.6 Å². The first-order valence-corrected chi connectivity index (χ1v) is 13.5.